The molecule has 1 rings (SSSR count). The molecule has 1 aliphatic rings. The molecule has 3 atom stereocenters. The van der Waals surface area contributed by atoms with Crippen molar-refractivity contribution < 1.29 is 28.5 Å². The number of hydrogen-bond donors (Lipinski definition) is 1. The standard InChI is InChI=1S/C23H40N2O6/c1-5-10-28-12-14-30-16-17-31-15-13-29-11-8-22(26)25-9-7-21(18-25)23(27)24-20(4)19(3)6-2/h1,19-21H,6-18H2,2-4H3,(H,24,27). The average molecular weight is 441 g/mol. The highest BCUT2D eigenvalue weighted by Gasteiger charge is 2.31. The second kappa shape index (κ2) is 17.0. The molecule has 8 heteroatoms. The Morgan fingerprint density at radius 3 is 2.19 bits per heavy atom. The fraction of sp³-hybridized carbons (Fsp3) is 0.826. The van der Waals surface area contributed by atoms with Crippen LogP contribution in [-0.2, 0) is 28.5 Å². The number of nitrogens with zero attached hydrogens (tertiary/aromatic N) is 1. The van der Waals surface area contributed by atoms with Gasteiger partial charge in [-0.1, -0.05) is 26.2 Å². The molecular formula is C23H40N2O6. The summed E-state index contributed by atoms with van der Waals surface area (Å²) in [4.78, 5) is 26.5. The topological polar surface area (TPSA) is 86.3 Å². The van der Waals surface area contributed by atoms with Crippen LogP contribution in [0.1, 0.15) is 40.0 Å². The number of rotatable bonds is 17. The van der Waals surface area contributed by atoms with E-state index in [9.17, 15) is 9.59 Å². The molecule has 31 heavy (non-hydrogen) atoms. The molecule has 0 aromatic rings. The summed E-state index contributed by atoms with van der Waals surface area (Å²) in [6, 6.07) is 0.150. The lowest BCUT2D eigenvalue weighted by Crippen LogP contribution is -2.41. The van der Waals surface area contributed by atoms with Crippen LogP contribution in [0.5, 0.6) is 0 Å². The predicted octanol–water partition coefficient (Wildman–Crippen LogP) is 1.48. The number of carbonyl (C=O) groups excluding carboxylic acids is 2. The fourth-order valence-corrected chi connectivity index (χ4v) is 3.15. The van der Waals surface area contributed by atoms with Crippen LogP contribution in [-0.4, -0.2) is 88.7 Å². The highest BCUT2D eigenvalue weighted by Crippen LogP contribution is 2.18. The summed E-state index contributed by atoms with van der Waals surface area (Å²) in [5, 5.41) is 3.09. The summed E-state index contributed by atoms with van der Waals surface area (Å²) in [5.74, 6) is 2.80. The van der Waals surface area contributed by atoms with Crippen molar-refractivity contribution in [1.29, 1.82) is 0 Å². The Hall–Kier alpha value is -1.66. The van der Waals surface area contributed by atoms with Gasteiger partial charge in [-0.25, -0.2) is 0 Å². The van der Waals surface area contributed by atoms with Gasteiger partial charge in [0, 0.05) is 19.1 Å². The van der Waals surface area contributed by atoms with Crippen LogP contribution in [0.25, 0.3) is 0 Å². The van der Waals surface area contributed by atoms with Gasteiger partial charge in [-0.2, -0.15) is 0 Å². The number of ether oxygens (including phenoxy) is 4. The molecular weight excluding hydrogens is 400 g/mol. The van der Waals surface area contributed by atoms with Crippen LogP contribution in [0.15, 0.2) is 0 Å². The Labute approximate surface area is 187 Å². The molecule has 0 aliphatic carbocycles. The highest BCUT2D eigenvalue weighted by atomic mass is 16.6. The molecule has 3 unspecified atom stereocenters. The Balaban J connectivity index is 2.01. The van der Waals surface area contributed by atoms with Gasteiger partial charge in [0.25, 0.3) is 0 Å². The van der Waals surface area contributed by atoms with E-state index in [0.717, 1.165) is 12.8 Å². The summed E-state index contributed by atoms with van der Waals surface area (Å²) in [7, 11) is 0. The number of terminal acetylenes is 1. The number of hydrogen-bond acceptors (Lipinski definition) is 6. The third-order valence-corrected chi connectivity index (χ3v) is 5.54. The van der Waals surface area contributed by atoms with Crippen LogP contribution >= 0.6 is 0 Å². The number of carbonyl (C=O) groups is 2. The van der Waals surface area contributed by atoms with Crippen molar-refractivity contribution in [1.82, 2.24) is 10.2 Å². The molecule has 1 aliphatic heterocycles. The number of amides is 2. The fourth-order valence-electron chi connectivity index (χ4n) is 3.15. The van der Waals surface area contributed by atoms with E-state index in [1.807, 2.05) is 6.92 Å². The van der Waals surface area contributed by atoms with Crippen molar-refractivity contribution >= 4 is 11.8 Å². The second-order valence-electron chi connectivity index (χ2n) is 7.85. The molecule has 8 nitrogen and oxygen atoms in total. The maximum Gasteiger partial charge on any atom is 0.225 e. The van der Waals surface area contributed by atoms with E-state index in [4.69, 9.17) is 25.4 Å². The van der Waals surface area contributed by atoms with Crippen molar-refractivity contribution in [3.8, 4) is 12.3 Å². The number of likely N-dealkylation sites (tertiary alicyclic amines) is 1. The molecule has 1 N–H and O–H groups in total. The maximum atomic E-state index is 12.4. The van der Waals surface area contributed by atoms with Crippen molar-refractivity contribution in [2.45, 2.75) is 46.1 Å². The molecule has 0 spiro atoms. The summed E-state index contributed by atoms with van der Waals surface area (Å²) >= 11 is 0. The van der Waals surface area contributed by atoms with Gasteiger partial charge < -0.3 is 29.2 Å². The zero-order valence-electron chi connectivity index (χ0n) is 19.4. The van der Waals surface area contributed by atoms with Crippen LogP contribution < -0.4 is 5.32 Å². The molecule has 2 amide bonds. The van der Waals surface area contributed by atoms with E-state index < -0.39 is 0 Å². The first-order chi connectivity index (χ1) is 15.0. The van der Waals surface area contributed by atoms with Crippen molar-refractivity contribution in [2.75, 3.05) is 65.9 Å². The highest BCUT2D eigenvalue weighted by molar-refractivity contribution is 5.82. The zero-order valence-corrected chi connectivity index (χ0v) is 19.4. The largest absolute Gasteiger partial charge is 0.379 e. The Kier molecular flexibility index (Phi) is 15.0. The van der Waals surface area contributed by atoms with Crippen molar-refractivity contribution in [3.63, 3.8) is 0 Å². The molecule has 1 heterocycles. The van der Waals surface area contributed by atoms with E-state index in [1.54, 1.807) is 4.90 Å². The Morgan fingerprint density at radius 2 is 1.61 bits per heavy atom. The lowest BCUT2D eigenvalue weighted by molar-refractivity contribution is -0.132. The van der Waals surface area contributed by atoms with E-state index in [2.05, 4.69) is 25.1 Å². The average Bonchev–Trinajstić information content (AvgIpc) is 3.26. The van der Waals surface area contributed by atoms with Gasteiger partial charge in [-0.05, 0) is 19.3 Å². The summed E-state index contributed by atoms with van der Waals surface area (Å²) in [6.07, 6.45) is 7.13. The summed E-state index contributed by atoms with van der Waals surface area (Å²) in [5.41, 5.74) is 0. The summed E-state index contributed by atoms with van der Waals surface area (Å²) in [6.45, 7) is 10.9. The van der Waals surface area contributed by atoms with Crippen molar-refractivity contribution in [3.05, 3.63) is 0 Å². The van der Waals surface area contributed by atoms with Gasteiger partial charge in [0.05, 0.1) is 58.6 Å². The smallest absolute Gasteiger partial charge is 0.225 e. The molecule has 0 bridgehead atoms. The quantitative estimate of drug-likeness (QED) is 0.272. The first-order valence-corrected chi connectivity index (χ1v) is 11.3. The van der Waals surface area contributed by atoms with Gasteiger partial charge in [-0.3, -0.25) is 9.59 Å². The van der Waals surface area contributed by atoms with Crippen LogP contribution in [0, 0.1) is 24.2 Å². The predicted molar refractivity (Wildman–Crippen MR) is 118 cm³/mol. The molecule has 1 fully saturated rings. The maximum absolute atomic E-state index is 12.4. The summed E-state index contributed by atoms with van der Waals surface area (Å²) < 4.78 is 21.3. The molecule has 0 saturated carbocycles. The third kappa shape index (κ3) is 12.1. The number of nitrogens with one attached hydrogen (secondary N) is 1. The second-order valence-corrected chi connectivity index (χ2v) is 7.85. The molecule has 0 radical (unpaired) electrons. The van der Waals surface area contributed by atoms with Crippen LogP contribution in [0.2, 0.25) is 0 Å². The Bertz CT molecular complexity index is 551. The molecule has 178 valence electrons. The SMILES string of the molecule is C#CCOCCOCCOCCOCCC(=O)N1CCC(C(=O)NC(C)C(C)CC)C1. The minimum absolute atomic E-state index is 0.0339. The minimum atomic E-state index is -0.115. The van der Waals surface area contributed by atoms with Gasteiger partial charge in [-0.15, -0.1) is 6.42 Å². The molecule has 1 saturated heterocycles. The van der Waals surface area contributed by atoms with E-state index >= 15 is 0 Å². The molecule has 0 aromatic carbocycles. The lowest BCUT2D eigenvalue weighted by Gasteiger charge is -2.22. The third-order valence-electron chi connectivity index (χ3n) is 5.54. The first kappa shape index (κ1) is 27.4. The van der Waals surface area contributed by atoms with E-state index in [0.29, 0.717) is 78.3 Å². The Morgan fingerprint density at radius 1 is 1.03 bits per heavy atom. The van der Waals surface area contributed by atoms with Gasteiger partial charge >= 0.3 is 0 Å². The van der Waals surface area contributed by atoms with Gasteiger partial charge in [0.15, 0.2) is 0 Å². The monoisotopic (exact) mass is 440 g/mol. The zero-order chi connectivity index (χ0) is 22.9. The normalized spacial score (nSPS) is 17.9. The lowest BCUT2D eigenvalue weighted by atomic mass is 9.99. The van der Waals surface area contributed by atoms with Crippen molar-refractivity contribution in [2.24, 2.45) is 11.8 Å². The first-order valence-electron chi connectivity index (χ1n) is 11.3. The van der Waals surface area contributed by atoms with Gasteiger partial charge in [0.2, 0.25) is 11.8 Å². The van der Waals surface area contributed by atoms with Crippen LogP contribution in [0.3, 0.4) is 0 Å². The minimum Gasteiger partial charge on any atom is -0.379 e. The van der Waals surface area contributed by atoms with Gasteiger partial charge in [0.1, 0.15) is 6.61 Å². The molecule has 0 aromatic heterocycles. The van der Waals surface area contributed by atoms with E-state index in [1.165, 1.54) is 0 Å². The van der Waals surface area contributed by atoms with Crippen LogP contribution in [0.4, 0.5) is 0 Å². The van der Waals surface area contributed by atoms with E-state index in [-0.39, 0.29) is 23.8 Å².